The van der Waals surface area contributed by atoms with Gasteiger partial charge in [0.2, 0.25) is 0 Å². The second kappa shape index (κ2) is 9.03. The lowest BCUT2D eigenvalue weighted by atomic mass is 9.72. The van der Waals surface area contributed by atoms with E-state index in [0.717, 1.165) is 23.2 Å². The molecule has 2 aromatic carbocycles. The van der Waals surface area contributed by atoms with Crippen LogP contribution in [-0.4, -0.2) is 11.7 Å². The van der Waals surface area contributed by atoms with Gasteiger partial charge in [0.05, 0.1) is 0 Å². The third-order valence-electron chi connectivity index (χ3n) is 6.51. The Balaban J connectivity index is 1.56. The summed E-state index contributed by atoms with van der Waals surface area (Å²) in [7, 11) is 0. The number of hydrogen-bond donors (Lipinski definition) is 2. The molecule has 0 radical (unpaired) electrons. The molecule has 0 saturated heterocycles. The number of aryl methyl sites for hydroxylation is 1. The van der Waals surface area contributed by atoms with Crippen molar-refractivity contribution >= 4 is 28.7 Å². The number of amides is 1. The summed E-state index contributed by atoms with van der Waals surface area (Å²) in [4.78, 5) is 28.3. The molecule has 172 valence electrons. The molecular weight excluding hydrogens is 447 g/mol. The smallest absolute Gasteiger partial charge is 0.254 e. The van der Waals surface area contributed by atoms with Crippen LogP contribution in [0, 0.1) is 12.7 Å². The third-order valence-corrected chi connectivity index (χ3v) is 7.55. The highest BCUT2D eigenvalue weighted by Crippen LogP contribution is 2.46. The zero-order valence-electron chi connectivity index (χ0n) is 19.0. The second-order valence-electron chi connectivity index (χ2n) is 8.91. The Morgan fingerprint density at radius 2 is 1.85 bits per heavy atom. The topological polar surface area (TPSA) is 58.2 Å². The largest absolute Gasteiger partial charge is 0.362 e. The number of nitrogens with one attached hydrogen (secondary N) is 2. The quantitative estimate of drug-likeness (QED) is 0.476. The molecule has 1 aliphatic heterocycles. The number of ketones is 1. The molecule has 34 heavy (non-hydrogen) atoms. The van der Waals surface area contributed by atoms with Crippen molar-refractivity contribution in [3.8, 4) is 0 Å². The number of halogens is 1. The summed E-state index contributed by atoms with van der Waals surface area (Å²) in [6.45, 7) is 3.87. The zero-order valence-corrected chi connectivity index (χ0v) is 19.8. The summed E-state index contributed by atoms with van der Waals surface area (Å²) >= 11 is 1.67. The van der Waals surface area contributed by atoms with E-state index in [0.29, 0.717) is 29.0 Å². The lowest BCUT2D eigenvalue weighted by Crippen LogP contribution is -2.37. The van der Waals surface area contributed by atoms with Crippen molar-refractivity contribution in [1.82, 2.24) is 5.32 Å². The van der Waals surface area contributed by atoms with E-state index in [2.05, 4.69) is 16.7 Å². The van der Waals surface area contributed by atoms with E-state index in [1.165, 1.54) is 17.0 Å². The predicted octanol–water partition coefficient (Wildman–Crippen LogP) is 6.20. The first-order chi connectivity index (χ1) is 16.4. The molecule has 0 bridgehead atoms. The Labute approximate surface area is 202 Å². The Kier molecular flexibility index (Phi) is 5.92. The van der Waals surface area contributed by atoms with E-state index in [4.69, 9.17) is 0 Å². The lowest BCUT2D eigenvalue weighted by molar-refractivity contribution is -0.116. The number of carbonyl (C=O) groups is 2. The fourth-order valence-electron chi connectivity index (χ4n) is 4.92. The minimum atomic E-state index is -0.484. The van der Waals surface area contributed by atoms with Crippen LogP contribution in [0.25, 0.3) is 0 Å². The highest BCUT2D eigenvalue weighted by molar-refractivity contribution is 7.10. The van der Waals surface area contributed by atoms with E-state index in [1.807, 2.05) is 49.6 Å². The molecule has 1 amide bonds. The summed E-state index contributed by atoms with van der Waals surface area (Å²) in [6.07, 6.45) is 1.14. The molecular formula is C28H25FN2O2S. The minimum Gasteiger partial charge on any atom is -0.362 e. The van der Waals surface area contributed by atoms with Crippen LogP contribution < -0.4 is 10.6 Å². The molecule has 0 fully saturated rings. The van der Waals surface area contributed by atoms with Crippen LogP contribution in [0.3, 0.4) is 0 Å². The highest BCUT2D eigenvalue weighted by atomic mass is 32.1. The number of dihydropyridines is 1. The number of allylic oxidation sites excluding steroid dienone is 3. The van der Waals surface area contributed by atoms with Crippen LogP contribution in [0.5, 0.6) is 0 Å². The van der Waals surface area contributed by atoms with Gasteiger partial charge in [-0.2, -0.15) is 0 Å². The molecule has 3 aromatic rings. The van der Waals surface area contributed by atoms with Gasteiger partial charge in [0, 0.05) is 51.4 Å². The van der Waals surface area contributed by atoms with Gasteiger partial charge >= 0.3 is 0 Å². The first-order valence-corrected chi connectivity index (χ1v) is 12.2. The standard InChI is InChI=1S/C28H25FN2O2S/c1-16-8-10-18(11-9-16)26-25(28(33)31-21-6-3-5-20(29)15-21)17(2)30-22-13-19(14-23(32)27(22)26)24-7-4-12-34-24/h3-12,15,19,26,30H,13-14H2,1-2H3,(H,31,33)/t19-,26+/m1/s1. The Morgan fingerprint density at radius 1 is 1.06 bits per heavy atom. The van der Waals surface area contributed by atoms with E-state index in [9.17, 15) is 14.0 Å². The van der Waals surface area contributed by atoms with Crippen LogP contribution in [0.2, 0.25) is 0 Å². The van der Waals surface area contributed by atoms with Gasteiger partial charge in [-0.05, 0) is 55.5 Å². The van der Waals surface area contributed by atoms with Crippen LogP contribution in [-0.2, 0) is 9.59 Å². The van der Waals surface area contributed by atoms with E-state index in [1.54, 1.807) is 23.5 Å². The highest BCUT2D eigenvalue weighted by Gasteiger charge is 2.41. The SMILES string of the molecule is CC1=C(C(=O)Nc2cccc(F)c2)[C@H](c2ccc(C)cc2)C2=C(C[C@@H](c3cccs3)CC2=O)N1. The van der Waals surface area contributed by atoms with Crippen molar-refractivity contribution < 1.29 is 14.0 Å². The number of rotatable bonds is 4. The van der Waals surface area contributed by atoms with Gasteiger partial charge in [-0.3, -0.25) is 9.59 Å². The van der Waals surface area contributed by atoms with Gasteiger partial charge in [-0.25, -0.2) is 4.39 Å². The molecule has 2 aliphatic rings. The molecule has 5 rings (SSSR count). The Hall–Kier alpha value is -3.51. The van der Waals surface area contributed by atoms with E-state index in [-0.39, 0.29) is 17.6 Å². The summed E-state index contributed by atoms with van der Waals surface area (Å²) in [5, 5.41) is 8.25. The Morgan fingerprint density at radius 3 is 2.56 bits per heavy atom. The fraction of sp³-hybridized carbons (Fsp3) is 0.214. The van der Waals surface area contributed by atoms with Gasteiger partial charge in [0.25, 0.3) is 5.91 Å². The average Bonchev–Trinajstić information content (AvgIpc) is 3.33. The average molecular weight is 473 g/mol. The van der Waals surface area contributed by atoms with Gasteiger partial charge in [0.1, 0.15) is 5.82 Å². The number of benzene rings is 2. The first kappa shape index (κ1) is 22.3. The van der Waals surface area contributed by atoms with Crippen LogP contribution >= 0.6 is 11.3 Å². The monoisotopic (exact) mass is 472 g/mol. The van der Waals surface area contributed by atoms with Crippen LogP contribution in [0.1, 0.15) is 47.6 Å². The fourth-order valence-corrected chi connectivity index (χ4v) is 5.75. The molecule has 2 heterocycles. The molecule has 4 nitrogen and oxygen atoms in total. The maximum Gasteiger partial charge on any atom is 0.254 e. The molecule has 2 N–H and O–H groups in total. The van der Waals surface area contributed by atoms with Gasteiger partial charge in [-0.15, -0.1) is 11.3 Å². The molecule has 6 heteroatoms. The zero-order chi connectivity index (χ0) is 23.8. The van der Waals surface area contributed by atoms with Crippen molar-refractivity contribution in [2.24, 2.45) is 0 Å². The van der Waals surface area contributed by atoms with Crippen molar-refractivity contribution in [2.45, 2.75) is 38.5 Å². The predicted molar refractivity (Wildman–Crippen MR) is 133 cm³/mol. The number of anilines is 1. The number of carbonyl (C=O) groups excluding carboxylic acids is 2. The molecule has 0 saturated carbocycles. The summed E-state index contributed by atoms with van der Waals surface area (Å²) in [6, 6.07) is 17.9. The maximum absolute atomic E-state index is 13.7. The Bertz CT molecular complexity index is 1320. The normalized spacial score (nSPS) is 20.1. The molecule has 2 atom stereocenters. The van der Waals surface area contributed by atoms with Crippen molar-refractivity contribution in [3.05, 3.63) is 110 Å². The van der Waals surface area contributed by atoms with Crippen molar-refractivity contribution in [3.63, 3.8) is 0 Å². The summed E-state index contributed by atoms with van der Waals surface area (Å²) < 4.78 is 13.7. The third kappa shape index (κ3) is 4.21. The number of hydrogen-bond acceptors (Lipinski definition) is 4. The summed E-state index contributed by atoms with van der Waals surface area (Å²) in [5.74, 6) is -1.07. The van der Waals surface area contributed by atoms with Crippen LogP contribution in [0.15, 0.2) is 88.6 Å². The minimum absolute atomic E-state index is 0.0567. The first-order valence-electron chi connectivity index (χ1n) is 11.3. The number of thiophene rings is 1. The molecule has 1 aliphatic carbocycles. The lowest BCUT2D eigenvalue weighted by Gasteiger charge is -2.36. The van der Waals surface area contributed by atoms with Crippen LogP contribution in [0.4, 0.5) is 10.1 Å². The van der Waals surface area contributed by atoms with E-state index < -0.39 is 11.7 Å². The van der Waals surface area contributed by atoms with Gasteiger partial charge < -0.3 is 10.6 Å². The number of Topliss-reactive ketones (excluding diaryl/α,β-unsaturated/α-hetero) is 1. The molecule has 0 spiro atoms. The molecule has 0 unspecified atom stereocenters. The summed E-state index contributed by atoms with van der Waals surface area (Å²) in [5.41, 5.74) is 5.11. The maximum atomic E-state index is 13.7. The second-order valence-corrected chi connectivity index (χ2v) is 9.89. The van der Waals surface area contributed by atoms with E-state index >= 15 is 0 Å². The molecule has 1 aromatic heterocycles. The van der Waals surface area contributed by atoms with Gasteiger partial charge in [0.15, 0.2) is 5.78 Å². The van der Waals surface area contributed by atoms with Crippen molar-refractivity contribution in [1.29, 1.82) is 0 Å². The van der Waals surface area contributed by atoms with Gasteiger partial charge in [-0.1, -0.05) is 42.0 Å². The van der Waals surface area contributed by atoms with Crippen molar-refractivity contribution in [2.75, 3.05) is 5.32 Å².